The highest BCUT2D eigenvalue weighted by Crippen LogP contribution is 2.27. The Bertz CT molecular complexity index is 806. The Hall–Kier alpha value is -1.48. The Labute approximate surface area is 149 Å². The Morgan fingerprint density at radius 3 is 2.50 bits per heavy atom. The highest BCUT2D eigenvalue weighted by Gasteiger charge is 2.24. The fourth-order valence-electron chi connectivity index (χ4n) is 1.93. The number of carbonyl (C=O) groups excluding carboxylic acids is 1. The van der Waals surface area contributed by atoms with Crippen LogP contribution < -0.4 is 5.32 Å². The maximum atomic E-state index is 12.8. The van der Waals surface area contributed by atoms with Crippen LogP contribution in [0.1, 0.15) is 5.56 Å². The summed E-state index contributed by atoms with van der Waals surface area (Å²) in [6, 6.07) is 8.88. The van der Waals surface area contributed by atoms with Gasteiger partial charge >= 0.3 is 0 Å². The van der Waals surface area contributed by atoms with Gasteiger partial charge in [0.05, 0.1) is 10.9 Å². The summed E-state index contributed by atoms with van der Waals surface area (Å²) in [5.74, 6) is -0.728. The number of halogens is 2. The zero-order valence-corrected chi connectivity index (χ0v) is 15.2. The molecule has 0 saturated heterocycles. The normalized spacial score (nSPS) is 11.7. The molecule has 0 spiro atoms. The molecule has 9 heteroatoms. The Balaban J connectivity index is 1.84. The molecule has 130 valence electrons. The fourth-order valence-corrected chi connectivity index (χ4v) is 4.75. The van der Waals surface area contributed by atoms with Crippen LogP contribution in [0, 0.1) is 5.82 Å². The minimum absolute atomic E-state index is 0.0918. The zero-order valence-electron chi connectivity index (χ0n) is 12.8. The molecule has 2 aromatic rings. The number of nitrogens with zero attached hydrogens (tertiary/aromatic N) is 1. The topological polar surface area (TPSA) is 66.5 Å². The van der Waals surface area contributed by atoms with Crippen molar-refractivity contribution in [2.45, 2.75) is 10.6 Å². The van der Waals surface area contributed by atoms with Crippen LogP contribution in [0.3, 0.4) is 0 Å². The van der Waals surface area contributed by atoms with Gasteiger partial charge in [0, 0.05) is 13.6 Å². The van der Waals surface area contributed by atoms with E-state index in [9.17, 15) is 17.6 Å². The van der Waals surface area contributed by atoms with E-state index in [1.807, 2.05) is 0 Å². The third-order valence-corrected chi connectivity index (χ3v) is 6.73. The molecule has 2 rings (SSSR count). The molecule has 0 bridgehead atoms. The number of sulfonamides is 1. The quantitative estimate of drug-likeness (QED) is 0.790. The molecule has 0 unspecified atom stereocenters. The zero-order chi connectivity index (χ0) is 17.7. The predicted octanol–water partition coefficient (Wildman–Crippen LogP) is 2.52. The van der Waals surface area contributed by atoms with E-state index in [-0.39, 0.29) is 16.6 Å². The van der Waals surface area contributed by atoms with E-state index < -0.39 is 15.9 Å². The van der Waals surface area contributed by atoms with E-state index >= 15 is 0 Å². The van der Waals surface area contributed by atoms with Crippen molar-refractivity contribution in [3.8, 4) is 0 Å². The summed E-state index contributed by atoms with van der Waals surface area (Å²) in [7, 11) is -2.39. The lowest BCUT2D eigenvalue weighted by molar-refractivity contribution is -0.121. The molecule has 0 atom stereocenters. The second-order valence-electron chi connectivity index (χ2n) is 5.05. The van der Waals surface area contributed by atoms with Crippen LogP contribution in [0.25, 0.3) is 0 Å². The second kappa shape index (κ2) is 8.06. The highest BCUT2D eigenvalue weighted by molar-refractivity contribution is 7.91. The molecule has 0 aliphatic rings. The van der Waals surface area contributed by atoms with E-state index in [0.29, 0.717) is 17.3 Å². The van der Waals surface area contributed by atoms with Gasteiger partial charge in [-0.2, -0.15) is 4.31 Å². The molecule has 1 aromatic carbocycles. The van der Waals surface area contributed by atoms with Crippen molar-refractivity contribution in [2.24, 2.45) is 0 Å². The first-order chi connectivity index (χ1) is 11.3. The molecule has 24 heavy (non-hydrogen) atoms. The van der Waals surface area contributed by atoms with Gasteiger partial charge in [-0.15, -0.1) is 11.3 Å². The van der Waals surface area contributed by atoms with Crippen LogP contribution in [-0.2, 0) is 21.2 Å². The fraction of sp³-hybridized carbons (Fsp3) is 0.267. The van der Waals surface area contributed by atoms with Crippen molar-refractivity contribution in [3.05, 3.63) is 52.1 Å². The summed E-state index contributed by atoms with van der Waals surface area (Å²) < 4.78 is 38.8. The molecule has 0 aliphatic heterocycles. The number of likely N-dealkylation sites (N-methyl/N-ethyl adjacent to an activating group) is 1. The van der Waals surface area contributed by atoms with Gasteiger partial charge < -0.3 is 5.32 Å². The lowest BCUT2D eigenvalue weighted by atomic mass is 10.1. The number of nitrogens with one attached hydrogen (secondary N) is 1. The summed E-state index contributed by atoms with van der Waals surface area (Å²) in [6.45, 7) is 0.0461. The van der Waals surface area contributed by atoms with Crippen LogP contribution in [-0.4, -0.2) is 38.8 Å². The van der Waals surface area contributed by atoms with Gasteiger partial charge in [-0.3, -0.25) is 4.79 Å². The summed E-state index contributed by atoms with van der Waals surface area (Å²) in [6.07, 6.45) is 0.531. The predicted molar refractivity (Wildman–Crippen MR) is 92.3 cm³/mol. The van der Waals surface area contributed by atoms with Gasteiger partial charge in [0.15, 0.2) is 0 Å². The third-order valence-electron chi connectivity index (χ3n) is 3.23. The summed E-state index contributed by atoms with van der Waals surface area (Å²) in [5, 5.41) is 2.64. The molecule has 1 aromatic heterocycles. The monoisotopic (exact) mass is 390 g/mol. The van der Waals surface area contributed by atoms with E-state index in [1.54, 1.807) is 12.1 Å². The molecule has 0 aliphatic carbocycles. The largest absolute Gasteiger partial charge is 0.355 e. The molecule has 0 saturated carbocycles. The van der Waals surface area contributed by atoms with Crippen molar-refractivity contribution < 1.29 is 17.6 Å². The molecule has 5 nitrogen and oxygen atoms in total. The number of thiophene rings is 1. The molecular weight excluding hydrogens is 375 g/mol. The maximum Gasteiger partial charge on any atom is 0.252 e. The van der Waals surface area contributed by atoms with Gasteiger partial charge in [0.25, 0.3) is 10.0 Å². The van der Waals surface area contributed by atoms with E-state index in [1.165, 1.54) is 31.3 Å². The van der Waals surface area contributed by atoms with Crippen LogP contribution in [0.15, 0.2) is 40.6 Å². The summed E-state index contributed by atoms with van der Waals surface area (Å²) in [5.41, 5.74) is 0.880. The first kappa shape index (κ1) is 18.9. The SMILES string of the molecule is CN(CC(=O)NCCc1ccc(F)cc1)S(=O)(=O)c1ccc(Cl)s1. The van der Waals surface area contributed by atoms with Crippen LogP contribution in [0.2, 0.25) is 4.34 Å². The van der Waals surface area contributed by atoms with E-state index in [2.05, 4.69) is 5.32 Å². The minimum Gasteiger partial charge on any atom is -0.355 e. The minimum atomic E-state index is -3.73. The lowest BCUT2D eigenvalue weighted by Crippen LogP contribution is -2.38. The first-order valence-electron chi connectivity index (χ1n) is 7.02. The van der Waals surface area contributed by atoms with Crippen molar-refractivity contribution in [2.75, 3.05) is 20.1 Å². The van der Waals surface area contributed by atoms with Crippen molar-refractivity contribution in [3.63, 3.8) is 0 Å². The molecule has 1 amide bonds. The average molecular weight is 391 g/mol. The summed E-state index contributed by atoms with van der Waals surface area (Å²) in [4.78, 5) is 11.9. The highest BCUT2D eigenvalue weighted by atomic mass is 35.5. The Morgan fingerprint density at radius 1 is 1.25 bits per heavy atom. The maximum absolute atomic E-state index is 12.8. The average Bonchev–Trinajstić information content (AvgIpc) is 2.96. The second-order valence-corrected chi connectivity index (χ2v) is 9.03. The van der Waals surface area contributed by atoms with Gasteiger partial charge in [0.1, 0.15) is 10.0 Å². The smallest absolute Gasteiger partial charge is 0.252 e. The van der Waals surface area contributed by atoms with E-state index in [4.69, 9.17) is 11.6 Å². The molecule has 0 radical (unpaired) electrons. The number of carbonyl (C=O) groups is 1. The van der Waals surface area contributed by atoms with E-state index in [0.717, 1.165) is 21.2 Å². The van der Waals surface area contributed by atoms with Gasteiger partial charge in [0.2, 0.25) is 5.91 Å². The standard InChI is InChI=1S/C15H16ClFN2O3S2/c1-19(24(21,22)15-7-6-13(16)23-15)10-14(20)18-9-8-11-2-4-12(17)5-3-11/h2-7H,8-10H2,1H3,(H,18,20). The lowest BCUT2D eigenvalue weighted by Gasteiger charge is -2.15. The van der Waals surface area contributed by atoms with Gasteiger partial charge in [-0.25, -0.2) is 12.8 Å². The van der Waals surface area contributed by atoms with Gasteiger partial charge in [-0.05, 0) is 36.2 Å². The number of hydrogen-bond donors (Lipinski definition) is 1. The number of amides is 1. The van der Waals surface area contributed by atoms with Gasteiger partial charge in [-0.1, -0.05) is 23.7 Å². The third kappa shape index (κ3) is 5.01. The summed E-state index contributed by atoms with van der Waals surface area (Å²) >= 11 is 6.69. The molecular formula is C15H16ClFN2O3S2. The van der Waals surface area contributed by atoms with Crippen molar-refractivity contribution in [1.82, 2.24) is 9.62 Å². The van der Waals surface area contributed by atoms with Crippen molar-refractivity contribution in [1.29, 1.82) is 0 Å². The van der Waals surface area contributed by atoms with Crippen LogP contribution >= 0.6 is 22.9 Å². The first-order valence-corrected chi connectivity index (χ1v) is 9.65. The Morgan fingerprint density at radius 2 is 1.92 bits per heavy atom. The van der Waals surface area contributed by atoms with Crippen molar-refractivity contribution >= 4 is 38.9 Å². The number of hydrogen-bond acceptors (Lipinski definition) is 4. The Kier molecular flexibility index (Phi) is 6.34. The molecule has 0 fully saturated rings. The van der Waals surface area contributed by atoms with Crippen LogP contribution in [0.4, 0.5) is 4.39 Å². The molecule has 1 heterocycles. The number of rotatable bonds is 7. The number of benzene rings is 1. The van der Waals surface area contributed by atoms with Crippen LogP contribution in [0.5, 0.6) is 0 Å². The molecule has 1 N–H and O–H groups in total.